The Morgan fingerprint density at radius 3 is 2.41 bits per heavy atom. The van der Waals surface area contributed by atoms with Gasteiger partial charge in [0.2, 0.25) is 10.0 Å². The molecule has 0 radical (unpaired) electrons. The number of halogens is 1. The van der Waals surface area contributed by atoms with Crippen LogP contribution in [0.2, 0.25) is 5.02 Å². The van der Waals surface area contributed by atoms with Crippen molar-refractivity contribution in [1.82, 2.24) is 4.31 Å². The first kappa shape index (κ1) is 32.3. The second-order valence-electron chi connectivity index (χ2n) is 11.3. The fourth-order valence-corrected chi connectivity index (χ4v) is 8.93. The number of thiophene rings is 1. The van der Waals surface area contributed by atoms with E-state index < -0.39 is 28.1 Å². The summed E-state index contributed by atoms with van der Waals surface area (Å²) in [5, 5.41) is 13.6. The standard InChI is InChI=1S/C32H37ClN2O7S2/c1-41-32(38)27(22-11-6-3-7-12-22)42-28-26(33)29(43-30(28)31(36)37)23-13-8-14-25(19-23)34-24-15-17-35(18-16-24)44(39,40)20-21-9-4-2-5-10-21/h2,4-5,8-10,13-14,19,22,24,27,34H,3,6-7,11-12,15-18,20H2,1H3,(H,36,37). The third-order valence-corrected chi connectivity index (χ3v) is 11.8. The third-order valence-electron chi connectivity index (χ3n) is 8.29. The molecule has 1 aromatic heterocycles. The van der Waals surface area contributed by atoms with Crippen LogP contribution in [0.15, 0.2) is 54.6 Å². The van der Waals surface area contributed by atoms with E-state index in [2.05, 4.69) is 5.32 Å². The molecule has 3 aromatic rings. The molecule has 1 atom stereocenters. The molecule has 0 amide bonds. The van der Waals surface area contributed by atoms with Crippen molar-refractivity contribution in [2.24, 2.45) is 5.92 Å². The predicted octanol–water partition coefficient (Wildman–Crippen LogP) is 6.67. The monoisotopic (exact) mass is 660 g/mol. The van der Waals surface area contributed by atoms with Gasteiger partial charge in [-0.3, -0.25) is 0 Å². The maximum absolute atomic E-state index is 13.0. The van der Waals surface area contributed by atoms with Gasteiger partial charge >= 0.3 is 11.9 Å². The van der Waals surface area contributed by atoms with E-state index in [9.17, 15) is 23.1 Å². The molecule has 2 aliphatic rings. The zero-order valence-corrected chi connectivity index (χ0v) is 26.9. The average molecular weight is 661 g/mol. The van der Waals surface area contributed by atoms with Gasteiger partial charge in [0.15, 0.2) is 16.7 Å². The highest BCUT2D eigenvalue weighted by Gasteiger charge is 2.36. The average Bonchev–Trinajstić information content (AvgIpc) is 3.36. The number of nitrogens with one attached hydrogen (secondary N) is 1. The molecule has 2 N–H and O–H groups in total. The van der Waals surface area contributed by atoms with E-state index in [0.29, 0.717) is 36.4 Å². The van der Waals surface area contributed by atoms with Crippen LogP contribution in [0.5, 0.6) is 5.75 Å². The third kappa shape index (κ3) is 7.56. The van der Waals surface area contributed by atoms with Gasteiger partial charge < -0.3 is 19.9 Å². The molecular formula is C32H37ClN2O7S2. The highest BCUT2D eigenvalue weighted by atomic mass is 35.5. The number of hydrogen-bond acceptors (Lipinski definition) is 8. The Bertz CT molecular complexity index is 1560. The van der Waals surface area contributed by atoms with Crippen LogP contribution in [0.3, 0.4) is 0 Å². The van der Waals surface area contributed by atoms with Crippen molar-refractivity contribution in [1.29, 1.82) is 0 Å². The number of anilines is 1. The number of hydrogen-bond donors (Lipinski definition) is 2. The molecule has 5 rings (SSSR count). The lowest BCUT2D eigenvalue weighted by Gasteiger charge is -2.32. The zero-order valence-electron chi connectivity index (χ0n) is 24.5. The lowest BCUT2D eigenvalue weighted by atomic mass is 9.85. The predicted molar refractivity (Wildman–Crippen MR) is 172 cm³/mol. The van der Waals surface area contributed by atoms with Crippen molar-refractivity contribution in [3.63, 3.8) is 0 Å². The van der Waals surface area contributed by atoms with Gasteiger partial charge in [0.1, 0.15) is 5.02 Å². The summed E-state index contributed by atoms with van der Waals surface area (Å²) in [7, 11) is -2.11. The first-order valence-corrected chi connectivity index (χ1v) is 17.7. The summed E-state index contributed by atoms with van der Waals surface area (Å²) in [4.78, 5) is 25.4. The van der Waals surface area contributed by atoms with Crippen LogP contribution < -0.4 is 10.1 Å². The Morgan fingerprint density at radius 1 is 1.05 bits per heavy atom. The van der Waals surface area contributed by atoms with Crippen molar-refractivity contribution in [2.75, 3.05) is 25.5 Å². The number of carbonyl (C=O) groups excluding carboxylic acids is 1. The number of benzene rings is 2. The maximum Gasteiger partial charge on any atom is 0.349 e. The molecular weight excluding hydrogens is 624 g/mol. The summed E-state index contributed by atoms with van der Waals surface area (Å²) in [6, 6.07) is 16.8. The summed E-state index contributed by atoms with van der Waals surface area (Å²) in [5.41, 5.74) is 2.29. The summed E-state index contributed by atoms with van der Waals surface area (Å²) < 4.78 is 38.6. The van der Waals surface area contributed by atoms with Crippen molar-refractivity contribution in [3.8, 4) is 16.2 Å². The van der Waals surface area contributed by atoms with E-state index in [-0.39, 0.29) is 33.4 Å². The summed E-state index contributed by atoms with van der Waals surface area (Å²) in [5.74, 6) is -1.83. The Labute approximate surface area is 267 Å². The molecule has 44 heavy (non-hydrogen) atoms. The first-order valence-electron chi connectivity index (χ1n) is 14.8. The van der Waals surface area contributed by atoms with Gasteiger partial charge in [-0.25, -0.2) is 22.3 Å². The summed E-state index contributed by atoms with van der Waals surface area (Å²) >= 11 is 7.79. The molecule has 9 nitrogen and oxygen atoms in total. The second kappa shape index (κ2) is 14.3. The number of carboxylic acids is 1. The smallest absolute Gasteiger partial charge is 0.349 e. The van der Waals surface area contributed by atoms with Gasteiger partial charge in [-0.1, -0.05) is 73.3 Å². The Hall–Kier alpha value is -3.12. The van der Waals surface area contributed by atoms with E-state index in [4.69, 9.17) is 21.1 Å². The lowest BCUT2D eigenvalue weighted by molar-refractivity contribution is -0.152. The Balaban J connectivity index is 1.29. The largest absolute Gasteiger partial charge is 0.477 e. The number of esters is 1. The first-order chi connectivity index (χ1) is 21.2. The number of piperidine rings is 1. The molecule has 1 aliphatic carbocycles. The minimum atomic E-state index is -3.41. The summed E-state index contributed by atoms with van der Waals surface area (Å²) in [6.07, 6.45) is 4.98. The van der Waals surface area contributed by atoms with Gasteiger partial charge in [-0.2, -0.15) is 0 Å². The van der Waals surface area contributed by atoms with Gasteiger partial charge in [-0.15, -0.1) is 11.3 Å². The molecule has 2 aromatic carbocycles. The highest BCUT2D eigenvalue weighted by molar-refractivity contribution is 7.88. The number of ether oxygens (including phenoxy) is 2. The fourth-order valence-electron chi connectivity index (χ4n) is 5.98. The molecule has 1 unspecified atom stereocenters. The molecule has 0 spiro atoms. The Morgan fingerprint density at radius 2 is 1.75 bits per heavy atom. The van der Waals surface area contributed by atoms with Crippen LogP contribution in [0, 0.1) is 5.92 Å². The molecule has 236 valence electrons. The summed E-state index contributed by atoms with van der Waals surface area (Å²) in [6.45, 7) is 0.850. The molecule has 12 heteroatoms. The van der Waals surface area contributed by atoms with Crippen LogP contribution in [0.1, 0.15) is 60.2 Å². The minimum Gasteiger partial charge on any atom is -0.477 e. The molecule has 1 saturated carbocycles. The topological polar surface area (TPSA) is 122 Å². The second-order valence-corrected chi connectivity index (χ2v) is 14.7. The van der Waals surface area contributed by atoms with Crippen LogP contribution in [0.4, 0.5) is 5.69 Å². The SMILES string of the molecule is COC(=O)C(Oc1c(C(=O)O)sc(-c2cccc(NC3CCN(S(=O)(=O)Cc4ccccc4)CC3)c2)c1Cl)C1CCCCC1. The van der Waals surface area contributed by atoms with Crippen LogP contribution in [0.25, 0.3) is 10.4 Å². The number of rotatable bonds is 11. The zero-order chi connectivity index (χ0) is 31.3. The van der Waals surface area contributed by atoms with E-state index in [1.54, 1.807) is 4.31 Å². The lowest BCUT2D eigenvalue weighted by Crippen LogP contribution is -2.42. The number of nitrogens with zero attached hydrogens (tertiary/aromatic N) is 1. The van der Waals surface area contributed by atoms with Crippen molar-refractivity contribution in [3.05, 3.63) is 70.1 Å². The quantitative estimate of drug-likeness (QED) is 0.219. The number of carbonyl (C=O) groups is 2. The van der Waals surface area contributed by atoms with E-state index in [0.717, 1.165) is 54.7 Å². The Kier molecular flexibility index (Phi) is 10.5. The molecule has 1 aliphatic heterocycles. The molecule has 1 saturated heterocycles. The van der Waals surface area contributed by atoms with Gasteiger partial charge in [0, 0.05) is 30.7 Å². The van der Waals surface area contributed by atoms with Crippen LogP contribution in [-0.4, -0.2) is 62.1 Å². The number of sulfonamides is 1. The van der Waals surface area contributed by atoms with Gasteiger partial charge in [0.25, 0.3) is 0 Å². The molecule has 2 fully saturated rings. The fraction of sp³-hybridized carbons (Fsp3) is 0.438. The van der Waals surface area contributed by atoms with Crippen molar-refractivity contribution in [2.45, 2.75) is 62.8 Å². The maximum atomic E-state index is 13.0. The van der Waals surface area contributed by atoms with E-state index >= 15 is 0 Å². The normalized spacial score (nSPS) is 17.6. The van der Waals surface area contributed by atoms with Crippen molar-refractivity contribution < 1.29 is 32.6 Å². The molecule has 2 heterocycles. The number of aromatic carboxylic acids is 1. The van der Waals surface area contributed by atoms with Crippen LogP contribution >= 0.6 is 22.9 Å². The van der Waals surface area contributed by atoms with Gasteiger partial charge in [0.05, 0.1) is 17.7 Å². The van der Waals surface area contributed by atoms with Crippen LogP contribution in [-0.2, 0) is 25.3 Å². The van der Waals surface area contributed by atoms with Crippen molar-refractivity contribution >= 4 is 50.6 Å². The van der Waals surface area contributed by atoms with Gasteiger partial charge in [-0.05, 0) is 48.9 Å². The highest BCUT2D eigenvalue weighted by Crippen LogP contribution is 2.47. The van der Waals surface area contributed by atoms with E-state index in [1.807, 2.05) is 54.6 Å². The number of methoxy groups -OCH3 is 1. The molecule has 0 bridgehead atoms. The van der Waals surface area contributed by atoms with E-state index in [1.165, 1.54) is 7.11 Å². The number of carboxylic acid groups (broad SMARTS) is 1. The minimum absolute atomic E-state index is 0.0115.